The number of hydrogen-bond acceptors (Lipinski definition) is 4. The van der Waals surface area contributed by atoms with Crippen molar-refractivity contribution in [2.45, 2.75) is 13.8 Å². The molecule has 8 heteroatoms. The van der Waals surface area contributed by atoms with Gasteiger partial charge in [-0.2, -0.15) is 0 Å². The second-order valence-corrected chi connectivity index (χ2v) is 9.75. The molecule has 0 N–H and O–H groups in total. The average Bonchev–Trinajstić information content (AvgIpc) is 2.90. The van der Waals surface area contributed by atoms with Gasteiger partial charge in [0.05, 0.1) is 39.5 Å². The van der Waals surface area contributed by atoms with Crippen LogP contribution in [0.3, 0.4) is 0 Å². The third-order valence-corrected chi connectivity index (χ3v) is 7.89. The van der Waals surface area contributed by atoms with E-state index in [4.69, 9.17) is 9.47 Å². The number of carbonyl (C=O) groups excluding carboxylic acids is 2. The maximum Gasteiger partial charge on any atom is 0.216 e. The summed E-state index contributed by atoms with van der Waals surface area (Å²) in [6.07, 6.45) is 0. The summed E-state index contributed by atoms with van der Waals surface area (Å²) in [6, 6.07) is 15.7. The molecule has 0 bridgehead atoms. The van der Waals surface area contributed by atoms with Gasteiger partial charge in [0, 0.05) is 11.1 Å². The molecule has 0 aromatic heterocycles. The second-order valence-electron chi connectivity index (χ2n) is 9.75. The number of hydrogen-bond donors (Lipinski definition) is 0. The van der Waals surface area contributed by atoms with Gasteiger partial charge in [0.25, 0.3) is 0 Å². The first-order valence-corrected chi connectivity index (χ1v) is 12.6. The molecule has 0 saturated carbocycles. The summed E-state index contributed by atoms with van der Waals surface area (Å²) >= 11 is 0. The lowest BCUT2D eigenvalue weighted by Gasteiger charge is -2.39. The number of halogens is 2. The molecule has 2 heterocycles. The highest BCUT2D eigenvalue weighted by atomic mass is 79.9. The van der Waals surface area contributed by atoms with Crippen LogP contribution in [-0.2, 0) is 9.47 Å². The fourth-order valence-electron chi connectivity index (χ4n) is 5.12. The lowest BCUT2D eigenvalue weighted by atomic mass is 9.99. The standard InChI is InChI=1S/C28H38N2O4.2BrH/c1-3-29(13-17-33-18-14-29)21-27(31)25-9-5-23(6-10-25)24-7-11-26(12-8-24)28(32)22-30(4-2)15-19-34-20-16-30;;/h5-12H,3-4,13-22H2,1-2H3;2*1H/q+2;;/p-2. The van der Waals surface area contributed by atoms with Crippen molar-refractivity contribution in [1.82, 2.24) is 0 Å². The minimum atomic E-state index is 0. The minimum Gasteiger partial charge on any atom is -1.00 e. The van der Waals surface area contributed by atoms with Gasteiger partial charge < -0.3 is 52.4 Å². The van der Waals surface area contributed by atoms with E-state index in [1.165, 1.54) is 0 Å². The van der Waals surface area contributed by atoms with Crippen molar-refractivity contribution in [3.63, 3.8) is 0 Å². The van der Waals surface area contributed by atoms with E-state index in [1.54, 1.807) is 0 Å². The number of rotatable bonds is 9. The SMILES string of the molecule is CC[N+]1(CC(=O)c2ccc(-c3ccc(C(=O)C[N+]4(CC)CCOCC4)cc3)cc2)CCOCC1.[Br-].[Br-]. The van der Waals surface area contributed by atoms with Crippen LogP contribution in [0.5, 0.6) is 0 Å². The number of benzene rings is 2. The Morgan fingerprint density at radius 3 is 1.19 bits per heavy atom. The highest BCUT2D eigenvalue weighted by Gasteiger charge is 2.32. The first-order chi connectivity index (χ1) is 16.5. The van der Waals surface area contributed by atoms with Gasteiger partial charge in [-0.3, -0.25) is 9.59 Å². The van der Waals surface area contributed by atoms with Crippen molar-refractivity contribution in [1.29, 1.82) is 0 Å². The monoisotopic (exact) mass is 624 g/mol. The van der Waals surface area contributed by atoms with Crippen LogP contribution in [-0.4, -0.2) is 99.3 Å². The Morgan fingerprint density at radius 1 is 0.611 bits per heavy atom. The predicted molar refractivity (Wildman–Crippen MR) is 133 cm³/mol. The summed E-state index contributed by atoms with van der Waals surface area (Å²) < 4.78 is 12.6. The van der Waals surface area contributed by atoms with Crippen molar-refractivity contribution < 1.29 is 62.0 Å². The van der Waals surface area contributed by atoms with Gasteiger partial charge >= 0.3 is 0 Å². The van der Waals surface area contributed by atoms with Gasteiger partial charge in [-0.05, 0) is 25.0 Å². The Morgan fingerprint density at radius 2 is 0.917 bits per heavy atom. The average molecular weight is 626 g/mol. The smallest absolute Gasteiger partial charge is 0.216 e. The molecule has 2 aromatic rings. The normalized spacial score (nSPS) is 18.4. The lowest BCUT2D eigenvalue weighted by molar-refractivity contribution is -0.925. The van der Waals surface area contributed by atoms with E-state index < -0.39 is 0 Å². The zero-order chi connectivity index (χ0) is 24.0. The molecule has 0 spiro atoms. The molecule has 2 aromatic carbocycles. The van der Waals surface area contributed by atoms with Crippen molar-refractivity contribution in [2.24, 2.45) is 0 Å². The Balaban J connectivity index is 0.00000228. The summed E-state index contributed by atoms with van der Waals surface area (Å²) in [7, 11) is 0. The Bertz CT molecular complexity index is 902. The second kappa shape index (κ2) is 13.9. The van der Waals surface area contributed by atoms with Crippen LogP contribution < -0.4 is 34.0 Å². The Kier molecular flexibility index (Phi) is 11.9. The maximum atomic E-state index is 13.0. The molecular formula is C28H38Br2N2O4. The molecule has 0 aliphatic carbocycles. The molecule has 2 saturated heterocycles. The highest BCUT2D eigenvalue weighted by molar-refractivity contribution is 5.98. The summed E-state index contributed by atoms with van der Waals surface area (Å²) in [5.41, 5.74) is 3.61. The Labute approximate surface area is 236 Å². The molecule has 6 nitrogen and oxygen atoms in total. The first-order valence-electron chi connectivity index (χ1n) is 12.6. The zero-order valence-corrected chi connectivity index (χ0v) is 24.6. The molecule has 2 aliphatic rings. The molecule has 36 heavy (non-hydrogen) atoms. The van der Waals surface area contributed by atoms with E-state index in [0.717, 1.165) is 96.9 Å². The topological polar surface area (TPSA) is 52.6 Å². The van der Waals surface area contributed by atoms with Crippen LogP contribution in [0, 0.1) is 0 Å². The molecule has 0 radical (unpaired) electrons. The third-order valence-electron chi connectivity index (χ3n) is 7.89. The van der Waals surface area contributed by atoms with Gasteiger partial charge in [0.1, 0.15) is 39.3 Å². The van der Waals surface area contributed by atoms with Gasteiger partial charge in [-0.1, -0.05) is 48.5 Å². The predicted octanol–water partition coefficient (Wildman–Crippen LogP) is -2.54. The molecule has 198 valence electrons. The summed E-state index contributed by atoms with van der Waals surface area (Å²) in [4.78, 5) is 25.9. The minimum absolute atomic E-state index is 0. The van der Waals surface area contributed by atoms with Crippen LogP contribution in [0.25, 0.3) is 11.1 Å². The van der Waals surface area contributed by atoms with E-state index in [0.29, 0.717) is 13.1 Å². The van der Waals surface area contributed by atoms with Crippen LogP contribution >= 0.6 is 0 Å². The maximum absolute atomic E-state index is 13.0. The van der Waals surface area contributed by atoms with E-state index >= 15 is 0 Å². The van der Waals surface area contributed by atoms with Crippen LogP contribution in [0.4, 0.5) is 0 Å². The van der Waals surface area contributed by atoms with Crippen molar-refractivity contribution in [3.8, 4) is 11.1 Å². The van der Waals surface area contributed by atoms with Crippen LogP contribution in [0.15, 0.2) is 48.5 Å². The number of nitrogens with zero attached hydrogens (tertiary/aromatic N) is 2. The van der Waals surface area contributed by atoms with Crippen LogP contribution in [0.2, 0.25) is 0 Å². The molecule has 0 amide bonds. The lowest BCUT2D eigenvalue weighted by Crippen LogP contribution is -3.00. The van der Waals surface area contributed by atoms with E-state index in [9.17, 15) is 9.59 Å². The quantitative estimate of drug-likeness (QED) is 0.228. The van der Waals surface area contributed by atoms with Gasteiger partial charge in [-0.25, -0.2) is 0 Å². The van der Waals surface area contributed by atoms with E-state index in [2.05, 4.69) is 13.8 Å². The number of ketones is 2. The van der Waals surface area contributed by atoms with E-state index in [-0.39, 0.29) is 45.5 Å². The molecule has 2 aliphatic heterocycles. The number of likely N-dealkylation sites (N-methyl/N-ethyl adjacent to an activating group) is 2. The number of carbonyl (C=O) groups is 2. The summed E-state index contributed by atoms with van der Waals surface area (Å²) in [5.74, 6) is 0.375. The zero-order valence-electron chi connectivity index (χ0n) is 21.4. The summed E-state index contributed by atoms with van der Waals surface area (Å²) in [5, 5.41) is 0. The number of Topliss-reactive ketones (excluding diaryl/α,β-unsaturated/α-hetero) is 2. The van der Waals surface area contributed by atoms with E-state index in [1.807, 2.05) is 48.5 Å². The number of ether oxygens (including phenoxy) is 2. The highest BCUT2D eigenvalue weighted by Crippen LogP contribution is 2.22. The van der Waals surface area contributed by atoms with Crippen molar-refractivity contribution in [3.05, 3.63) is 59.7 Å². The fourth-order valence-corrected chi connectivity index (χ4v) is 5.12. The molecule has 2 fully saturated rings. The van der Waals surface area contributed by atoms with Crippen molar-refractivity contribution >= 4 is 11.6 Å². The van der Waals surface area contributed by atoms with Gasteiger partial charge in [0.15, 0.2) is 0 Å². The van der Waals surface area contributed by atoms with Gasteiger partial charge in [0.2, 0.25) is 11.6 Å². The first kappa shape index (κ1) is 30.8. The fraction of sp³-hybridized carbons (Fsp3) is 0.500. The number of morpholine rings is 2. The molecular weight excluding hydrogens is 588 g/mol. The third kappa shape index (κ3) is 7.33. The molecule has 0 unspecified atom stereocenters. The largest absolute Gasteiger partial charge is 1.00 e. The van der Waals surface area contributed by atoms with Crippen LogP contribution in [0.1, 0.15) is 34.6 Å². The van der Waals surface area contributed by atoms with Crippen molar-refractivity contribution in [2.75, 3.05) is 78.8 Å². The Hall–Kier alpha value is -1.42. The van der Waals surface area contributed by atoms with Gasteiger partial charge in [-0.15, -0.1) is 0 Å². The summed E-state index contributed by atoms with van der Waals surface area (Å²) in [6.45, 7) is 13.8. The number of quaternary nitrogens is 2. The molecule has 0 atom stereocenters. The molecule has 4 rings (SSSR count).